The minimum atomic E-state index is 0.00619. The van der Waals surface area contributed by atoms with Crippen molar-refractivity contribution in [2.75, 3.05) is 0 Å². The lowest BCUT2D eigenvalue weighted by Crippen LogP contribution is -2.07. The van der Waals surface area contributed by atoms with E-state index in [1.54, 1.807) is 0 Å². The fourth-order valence-corrected chi connectivity index (χ4v) is 10.1. The van der Waals surface area contributed by atoms with Crippen LogP contribution < -0.4 is 0 Å². The first-order valence-electron chi connectivity index (χ1n) is 24.0. The van der Waals surface area contributed by atoms with Gasteiger partial charge in [0.25, 0.3) is 0 Å². The number of allylic oxidation sites excluding steroid dienone is 10. The Morgan fingerprint density at radius 2 is 1.17 bits per heavy atom. The van der Waals surface area contributed by atoms with E-state index in [0.717, 1.165) is 73.7 Å². The van der Waals surface area contributed by atoms with Crippen LogP contribution in [0.25, 0.3) is 77.3 Å². The zero-order valence-electron chi connectivity index (χ0n) is 39.3. The Morgan fingerprint density at radius 1 is 0.586 bits per heavy atom. The molecule has 0 aliphatic heterocycles. The van der Waals surface area contributed by atoms with Crippen molar-refractivity contribution in [2.45, 2.75) is 19.9 Å². The normalized spacial score (nSPS) is 14.6. The minimum Gasteiger partial charge on any atom is -0.309 e. The van der Waals surface area contributed by atoms with E-state index in [2.05, 4.69) is 246 Å². The van der Waals surface area contributed by atoms with Crippen LogP contribution in [-0.4, -0.2) is 21.6 Å². The summed E-state index contributed by atoms with van der Waals surface area (Å²) in [4.78, 5) is 9.88. The van der Waals surface area contributed by atoms with Gasteiger partial charge in [-0.05, 0) is 119 Å². The van der Waals surface area contributed by atoms with Gasteiger partial charge in [0, 0.05) is 44.5 Å². The summed E-state index contributed by atoms with van der Waals surface area (Å²) < 4.78 is 4.81. The first-order valence-corrected chi connectivity index (χ1v) is 24.0. The molecule has 4 heteroatoms. The Kier molecular flexibility index (Phi) is 12.1. The molecule has 1 atom stereocenters. The number of nitrogens with zero attached hydrogens (tertiary/aromatic N) is 4. The zero-order chi connectivity index (χ0) is 47.4. The fourth-order valence-electron chi connectivity index (χ4n) is 10.1. The van der Waals surface area contributed by atoms with Crippen LogP contribution in [0.4, 0.5) is 0 Å². The molecule has 0 radical (unpaired) electrons. The van der Waals surface area contributed by atoms with E-state index in [0.29, 0.717) is 6.54 Å². The van der Waals surface area contributed by atoms with E-state index in [1.807, 2.05) is 31.2 Å². The highest BCUT2D eigenvalue weighted by Gasteiger charge is 2.20. The number of aliphatic imine (C=N–C) groups is 2. The predicted molar refractivity (Wildman–Crippen MR) is 300 cm³/mol. The number of aromatic nitrogens is 2. The van der Waals surface area contributed by atoms with Gasteiger partial charge in [-0.1, -0.05) is 195 Å². The van der Waals surface area contributed by atoms with Crippen molar-refractivity contribution in [3.63, 3.8) is 0 Å². The highest BCUT2D eigenvalue weighted by atomic mass is 15.0. The number of hydrogen-bond donors (Lipinski definition) is 0. The maximum absolute atomic E-state index is 5.19. The molecule has 1 unspecified atom stereocenters. The minimum absolute atomic E-state index is 0.00619. The van der Waals surface area contributed by atoms with Gasteiger partial charge in [-0.2, -0.15) is 0 Å². The summed E-state index contributed by atoms with van der Waals surface area (Å²) in [6.07, 6.45) is 17.8. The highest BCUT2D eigenvalue weighted by Crippen LogP contribution is 2.39. The lowest BCUT2D eigenvalue weighted by atomic mass is 9.89. The smallest absolute Gasteiger partial charge is 0.0669 e. The molecule has 2 heterocycles. The third-order valence-corrected chi connectivity index (χ3v) is 13.5. The van der Waals surface area contributed by atoms with Gasteiger partial charge in [0.1, 0.15) is 0 Å². The zero-order valence-corrected chi connectivity index (χ0v) is 39.3. The van der Waals surface area contributed by atoms with Crippen molar-refractivity contribution in [1.82, 2.24) is 9.13 Å². The number of fused-ring (bicyclic) bond motifs is 6. The summed E-state index contributed by atoms with van der Waals surface area (Å²) >= 11 is 0. The van der Waals surface area contributed by atoms with Crippen LogP contribution in [-0.2, 0) is 6.54 Å². The van der Waals surface area contributed by atoms with Gasteiger partial charge in [0.05, 0.1) is 34.3 Å². The molecule has 70 heavy (non-hydrogen) atoms. The van der Waals surface area contributed by atoms with E-state index >= 15 is 0 Å². The summed E-state index contributed by atoms with van der Waals surface area (Å²) in [7, 11) is 0. The largest absolute Gasteiger partial charge is 0.309 e. The molecular weight excluding hydrogens is 849 g/mol. The molecule has 0 spiro atoms. The van der Waals surface area contributed by atoms with E-state index < -0.39 is 0 Å². The standard InChI is InChI=1S/C66H52N4/c1-4-18-47(19-5-2)48-32-34-49(35-33-48)62(68-45-46-20-8-6-9-21-46)44-61(67-3)54-24-16-22-50(40-54)52-36-38-60-58-29-13-15-31-64(58)70(66(60)42-52)56-27-17-23-51(41-56)53-37-39-59-57-28-12-14-30-63(57)69(65(59)43-53)55-25-10-7-11-26-55/h4-23,25-44,54H,1,3,24,45H2,2H3/b19-5-,47-18+,61-44-,68-62?. The summed E-state index contributed by atoms with van der Waals surface area (Å²) in [6.45, 7) is 10.6. The summed E-state index contributed by atoms with van der Waals surface area (Å²) in [5.41, 5.74) is 17.8. The Labute approximate surface area is 409 Å². The molecule has 0 saturated carbocycles. The molecule has 0 fully saturated rings. The average Bonchev–Trinajstić information content (AvgIpc) is 3.94. The SMILES string of the molecule is C=C/C=C(\C=C/C)c1ccc(C(/C=C(\N=C)C2C=C(c3ccc4c5ccccc5n(-c5cccc(-c6ccc7c8ccccc8n(-c8ccccc8)c7c6)c5)c4c3)C=CC2)=NCc2ccccc2)cc1. The Balaban J connectivity index is 0.967. The van der Waals surface area contributed by atoms with Gasteiger partial charge >= 0.3 is 0 Å². The van der Waals surface area contributed by atoms with Crippen LogP contribution in [0.15, 0.2) is 265 Å². The summed E-state index contributed by atoms with van der Waals surface area (Å²) in [5, 5.41) is 4.93. The van der Waals surface area contributed by atoms with Crippen molar-refractivity contribution in [1.29, 1.82) is 0 Å². The lowest BCUT2D eigenvalue weighted by molar-refractivity contribution is 0.762. The quantitative estimate of drug-likeness (QED) is 0.0816. The molecule has 8 aromatic carbocycles. The van der Waals surface area contributed by atoms with Gasteiger partial charge in [-0.3, -0.25) is 9.98 Å². The van der Waals surface area contributed by atoms with Crippen LogP contribution in [0.1, 0.15) is 35.6 Å². The van der Waals surface area contributed by atoms with E-state index in [9.17, 15) is 0 Å². The molecular formula is C66H52N4. The molecule has 0 saturated heterocycles. The number of benzene rings is 8. The predicted octanol–water partition coefficient (Wildman–Crippen LogP) is 16.9. The third-order valence-electron chi connectivity index (χ3n) is 13.5. The fraction of sp³-hybridized carbons (Fsp3) is 0.0606. The maximum atomic E-state index is 5.19. The van der Waals surface area contributed by atoms with E-state index in [4.69, 9.17) is 4.99 Å². The molecule has 2 aromatic heterocycles. The van der Waals surface area contributed by atoms with Gasteiger partial charge < -0.3 is 9.13 Å². The molecule has 1 aliphatic carbocycles. The van der Waals surface area contributed by atoms with E-state index in [1.165, 1.54) is 43.7 Å². The average molecular weight is 901 g/mol. The molecule has 4 nitrogen and oxygen atoms in total. The second kappa shape index (κ2) is 19.4. The molecule has 11 rings (SSSR count). The summed E-state index contributed by atoms with van der Waals surface area (Å²) in [5.74, 6) is 0.00619. The van der Waals surface area contributed by atoms with Crippen molar-refractivity contribution >= 4 is 67.2 Å². The van der Waals surface area contributed by atoms with Crippen LogP contribution in [0.2, 0.25) is 0 Å². The van der Waals surface area contributed by atoms with E-state index in [-0.39, 0.29) is 5.92 Å². The molecule has 10 aromatic rings. The van der Waals surface area contributed by atoms with Crippen LogP contribution in [0.3, 0.4) is 0 Å². The van der Waals surface area contributed by atoms with Gasteiger partial charge in [-0.25, -0.2) is 0 Å². The molecule has 0 bridgehead atoms. The lowest BCUT2D eigenvalue weighted by Gasteiger charge is -2.19. The first-order chi connectivity index (χ1) is 34.6. The molecule has 0 N–H and O–H groups in total. The molecule has 336 valence electrons. The number of rotatable bonds is 13. The first kappa shape index (κ1) is 43.7. The Morgan fingerprint density at radius 3 is 1.86 bits per heavy atom. The Bertz CT molecular complexity index is 3790. The van der Waals surface area contributed by atoms with Crippen molar-refractivity contribution < 1.29 is 0 Å². The Hall–Kier alpha value is -8.86. The van der Waals surface area contributed by atoms with Crippen molar-refractivity contribution in [2.24, 2.45) is 15.9 Å². The maximum Gasteiger partial charge on any atom is 0.0669 e. The second-order valence-electron chi connectivity index (χ2n) is 17.8. The molecule has 0 amide bonds. The summed E-state index contributed by atoms with van der Waals surface area (Å²) in [6, 6.07) is 69.9. The topological polar surface area (TPSA) is 34.6 Å². The van der Waals surface area contributed by atoms with Crippen molar-refractivity contribution in [3.05, 3.63) is 277 Å². The van der Waals surface area contributed by atoms with Gasteiger partial charge in [-0.15, -0.1) is 0 Å². The van der Waals surface area contributed by atoms with Gasteiger partial charge in [0.2, 0.25) is 0 Å². The van der Waals surface area contributed by atoms with Crippen molar-refractivity contribution in [3.8, 4) is 22.5 Å². The number of para-hydroxylation sites is 3. The number of hydrogen-bond acceptors (Lipinski definition) is 2. The highest BCUT2D eigenvalue weighted by molar-refractivity contribution is 6.12. The molecule has 1 aliphatic rings. The third kappa shape index (κ3) is 8.41. The van der Waals surface area contributed by atoms with Gasteiger partial charge in [0.15, 0.2) is 0 Å². The monoisotopic (exact) mass is 900 g/mol. The van der Waals surface area contributed by atoms with Crippen LogP contribution in [0, 0.1) is 5.92 Å². The second-order valence-corrected chi connectivity index (χ2v) is 17.8. The van der Waals surface area contributed by atoms with Crippen LogP contribution in [0.5, 0.6) is 0 Å². The van der Waals surface area contributed by atoms with Crippen LogP contribution >= 0.6 is 0 Å².